The van der Waals surface area contributed by atoms with Crippen LogP contribution >= 0.6 is 0 Å². The van der Waals surface area contributed by atoms with Crippen molar-refractivity contribution >= 4 is 12.0 Å². The largest absolute Gasteiger partial charge is 0.444 e. The first-order chi connectivity index (χ1) is 8.24. The predicted octanol–water partition coefficient (Wildman–Crippen LogP) is 2.21. The molecule has 5 heteroatoms. The standard InChI is InChI=1S/C13H26N2O3/c1-6-10(2)15-11(16)8-7-9-14-12(17)18-13(3,4)5/h10H,6-9H2,1-5H3,(H,14,17)(H,15,16). The van der Waals surface area contributed by atoms with Crippen LogP contribution in [0.5, 0.6) is 0 Å². The van der Waals surface area contributed by atoms with Crippen molar-refractivity contribution in [1.82, 2.24) is 10.6 Å². The number of nitrogens with one attached hydrogen (secondary N) is 2. The Hall–Kier alpha value is -1.26. The van der Waals surface area contributed by atoms with Gasteiger partial charge in [-0.1, -0.05) is 6.92 Å². The molecule has 0 heterocycles. The molecule has 0 aromatic heterocycles. The molecule has 2 amide bonds. The fraction of sp³-hybridized carbons (Fsp3) is 0.846. The predicted molar refractivity (Wildman–Crippen MR) is 71.4 cm³/mol. The van der Waals surface area contributed by atoms with Crippen molar-refractivity contribution in [3.8, 4) is 0 Å². The average molecular weight is 258 g/mol. The maximum absolute atomic E-state index is 11.4. The molecule has 0 bridgehead atoms. The van der Waals surface area contributed by atoms with Crippen LogP contribution < -0.4 is 10.6 Å². The van der Waals surface area contributed by atoms with E-state index in [4.69, 9.17) is 4.74 Å². The highest BCUT2D eigenvalue weighted by molar-refractivity contribution is 5.76. The van der Waals surface area contributed by atoms with Gasteiger partial charge in [0.15, 0.2) is 0 Å². The average Bonchev–Trinajstić information content (AvgIpc) is 2.21. The Morgan fingerprint density at radius 3 is 2.39 bits per heavy atom. The van der Waals surface area contributed by atoms with Crippen molar-refractivity contribution in [1.29, 1.82) is 0 Å². The zero-order valence-corrected chi connectivity index (χ0v) is 12.1. The first-order valence-electron chi connectivity index (χ1n) is 6.50. The second kappa shape index (κ2) is 7.95. The highest BCUT2D eigenvalue weighted by atomic mass is 16.6. The number of alkyl carbamates (subject to hydrolysis) is 1. The molecule has 0 spiro atoms. The zero-order valence-electron chi connectivity index (χ0n) is 12.1. The minimum Gasteiger partial charge on any atom is -0.444 e. The number of hydrogen-bond donors (Lipinski definition) is 2. The highest BCUT2D eigenvalue weighted by Crippen LogP contribution is 2.06. The Kier molecular flexibility index (Phi) is 7.39. The van der Waals surface area contributed by atoms with Crippen LogP contribution in [0.2, 0.25) is 0 Å². The number of amides is 2. The third-order valence-electron chi connectivity index (χ3n) is 2.27. The van der Waals surface area contributed by atoms with Crippen molar-refractivity contribution in [2.75, 3.05) is 6.54 Å². The molecular weight excluding hydrogens is 232 g/mol. The summed E-state index contributed by atoms with van der Waals surface area (Å²) in [6.45, 7) is 9.87. The SMILES string of the molecule is CCC(C)NC(=O)CCCNC(=O)OC(C)(C)C. The normalized spacial score (nSPS) is 12.7. The van der Waals surface area contributed by atoms with Gasteiger partial charge < -0.3 is 15.4 Å². The summed E-state index contributed by atoms with van der Waals surface area (Å²) in [5, 5.41) is 5.49. The minimum absolute atomic E-state index is 0.0235. The van der Waals surface area contributed by atoms with Crippen LogP contribution in [0.15, 0.2) is 0 Å². The van der Waals surface area contributed by atoms with Crippen LogP contribution in [0.4, 0.5) is 4.79 Å². The molecule has 2 N–H and O–H groups in total. The Morgan fingerprint density at radius 2 is 1.89 bits per heavy atom. The van der Waals surface area contributed by atoms with E-state index in [0.717, 1.165) is 6.42 Å². The van der Waals surface area contributed by atoms with Gasteiger partial charge in [-0.2, -0.15) is 0 Å². The Balaban J connectivity index is 3.62. The molecule has 0 aliphatic rings. The van der Waals surface area contributed by atoms with E-state index in [1.165, 1.54) is 0 Å². The number of hydrogen-bond acceptors (Lipinski definition) is 3. The molecule has 5 nitrogen and oxygen atoms in total. The van der Waals surface area contributed by atoms with Crippen molar-refractivity contribution < 1.29 is 14.3 Å². The van der Waals surface area contributed by atoms with Crippen LogP contribution in [-0.4, -0.2) is 30.2 Å². The second-order valence-corrected chi connectivity index (χ2v) is 5.41. The van der Waals surface area contributed by atoms with Crippen molar-refractivity contribution in [3.05, 3.63) is 0 Å². The van der Waals surface area contributed by atoms with Gasteiger partial charge in [-0.05, 0) is 40.5 Å². The van der Waals surface area contributed by atoms with E-state index < -0.39 is 11.7 Å². The quantitative estimate of drug-likeness (QED) is 0.718. The topological polar surface area (TPSA) is 67.4 Å². The van der Waals surface area contributed by atoms with Gasteiger partial charge in [0.05, 0.1) is 0 Å². The number of carbonyl (C=O) groups is 2. The maximum atomic E-state index is 11.4. The summed E-state index contributed by atoms with van der Waals surface area (Å²) >= 11 is 0. The Morgan fingerprint density at radius 1 is 1.28 bits per heavy atom. The van der Waals surface area contributed by atoms with Crippen molar-refractivity contribution in [3.63, 3.8) is 0 Å². The van der Waals surface area contributed by atoms with E-state index >= 15 is 0 Å². The summed E-state index contributed by atoms with van der Waals surface area (Å²) in [6.07, 6.45) is 1.51. The molecule has 1 unspecified atom stereocenters. The monoisotopic (exact) mass is 258 g/mol. The molecule has 1 atom stereocenters. The number of rotatable bonds is 6. The third kappa shape index (κ3) is 9.93. The van der Waals surface area contributed by atoms with Gasteiger partial charge in [0.25, 0.3) is 0 Å². The van der Waals surface area contributed by atoms with E-state index in [1.54, 1.807) is 0 Å². The van der Waals surface area contributed by atoms with Crippen LogP contribution in [0.3, 0.4) is 0 Å². The summed E-state index contributed by atoms with van der Waals surface area (Å²) < 4.78 is 5.08. The van der Waals surface area contributed by atoms with E-state index in [9.17, 15) is 9.59 Å². The van der Waals surface area contributed by atoms with E-state index in [-0.39, 0.29) is 11.9 Å². The molecule has 0 saturated heterocycles. The highest BCUT2D eigenvalue weighted by Gasteiger charge is 2.15. The molecule has 0 rings (SSSR count). The van der Waals surface area contributed by atoms with E-state index in [2.05, 4.69) is 10.6 Å². The van der Waals surface area contributed by atoms with Gasteiger partial charge in [0.2, 0.25) is 5.91 Å². The molecule has 0 aliphatic heterocycles. The molecule has 0 aliphatic carbocycles. The first kappa shape index (κ1) is 16.7. The van der Waals surface area contributed by atoms with Gasteiger partial charge >= 0.3 is 6.09 Å². The summed E-state index contributed by atoms with van der Waals surface area (Å²) in [7, 11) is 0. The summed E-state index contributed by atoms with van der Waals surface area (Å²) in [5.41, 5.74) is -0.488. The lowest BCUT2D eigenvalue weighted by atomic mass is 10.2. The van der Waals surface area contributed by atoms with Gasteiger partial charge in [-0.3, -0.25) is 4.79 Å². The number of ether oxygens (including phenoxy) is 1. The van der Waals surface area contributed by atoms with Crippen LogP contribution in [-0.2, 0) is 9.53 Å². The number of carbonyl (C=O) groups excluding carboxylic acids is 2. The molecule has 0 saturated carbocycles. The van der Waals surface area contributed by atoms with Crippen molar-refractivity contribution in [2.45, 2.75) is 65.5 Å². The van der Waals surface area contributed by atoms with Crippen molar-refractivity contribution in [2.24, 2.45) is 0 Å². The molecule has 0 radical (unpaired) electrons. The van der Waals surface area contributed by atoms with Gasteiger partial charge in [0, 0.05) is 19.0 Å². The maximum Gasteiger partial charge on any atom is 0.407 e. The fourth-order valence-corrected chi connectivity index (χ4v) is 1.20. The van der Waals surface area contributed by atoms with Gasteiger partial charge in [-0.25, -0.2) is 4.79 Å². The summed E-state index contributed by atoms with van der Waals surface area (Å²) in [5.74, 6) is 0.0235. The fourth-order valence-electron chi connectivity index (χ4n) is 1.20. The van der Waals surface area contributed by atoms with Crippen LogP contribution in [0.1, 0.15) is 53.9 Å². The molecular formula is C13H26N2O3. The second-order valence-electron chi connectivity index (χ2n) is 5.41. The van der Waals surface area contributed by atoms with E-state index in [0.29, 0.717) is 19.4 Å². The van der Waals surface area contributed by atoms with Gasteiger partial charge in [-0.15, -0.1) is 0 Å². The lowest BCUT2D eigenvalue weighted by molar-refractivity contribution is -0.121. The molecule has 18 heavy (non-hydrogen) atoms. The minimum atomic E-state index is -0.488. The van der Waals surface area contributed by atoms with Crippen LogP contribution in [0, 0.1) is 0 Å². The lowest BCUT2D eigenvalue weighted by Gasteiger charge is -2.19. The molecule has 0 fully saturated rings. The smallest absolute Gasteiger partial charge is 0.407 e. The summed E-state index contributed by atoms with van der Waals surface area (Å²) in [6, 6.07) is 0.205. The lowest BCUT2D eigenvalue weighted by Crippen LogP contribution is -2.34. The summed E-state index contributed by atoms with van der Waals surface area (Å²) in [4.78, 5) is 22.7. The van der Waals surface area contributed by atoms with Gasteiger partial charge in [0.1, 0.15) is 5.60 Å². The Labute approximate surface area is 110 Å². The Bertz CT molecular complexity index is 272. The first-order valence-corrected chi connectivity index (χ1v) is 6.50. The zero-order chi connectivity index (χ0) is 14.2. The van der Waals surface area contributed by atoms with E-state index in [1.807, 2.05) is 34.6 Å². The molecule has 0 aromatic carbocycles. The van der Waals surface area contributed by atoms with Crippen LogP contribution in [0.25, 0.3) is 0 Å². The third-order valence-corrected chi connectivity index (χ3v) is 2.27. The molecule has 106 valence electrons. The molecule has 0 aromatic rings.